The van der Waals surface area contributed by atoms with Gasteiger partial charge in [-0.2, -0.15) is 0 Å². The van der Waals surface area contributed by atoms with Crippen LogP contribution in [0.3, 0.4) is 0 Å². The van der Waals surface area contributed by atoms with Gasteiger partial charge in [-0.15, -0.1) is 11.3 Å². The first-order chi connectivity index (χ1) is 8.70. The zero-order chi connectivity index (χ0) is 13.0. The van der Waals surface area contributed by atoms with Crippen LogP contribution in [-0.2, 0) is 6.61 Å². The topological polar surface area (TPSA) is 57.4 Å². The molecule has 2 N–H and O–H groups in total. The number of methoxy groups -OCH3 is 1. The first-order valence-electron chi connectivity index (χ1n) is 5.64. The van der Waals surface area contributed by atoms with Crippen LogP contribution in [-0.4, -0.2) is 12.1 Å². The molecule has 18 heavy (non-hydrogen) atoms. The van der Waals surface area contributed by atoms with Gasteiger partial charge >= 0.3 is 0 Å². The van der Waals surface area contributed by atoms with Crippen molar-refractivity contribution in [2.24, 2.45) is 5.73 Å². The Morgan fingerprint density at radius 3 is 2.89 bits per heavy atom. The lowest BCUT2D eigenvalue weighted by molar-refractivity contribution is 0.302. The summed E-state index contributed by atoms with van der Waals surface area (Å²) in [4.78, 5) is 5.09. The number of hydrogen-bond donors (Lipinski definition) is 1. The van der Waals surface area contributed by atoms with Crippen molar-refractivity contribution in [3.8, 4) is 11.5 Å². The molecule has 0 radical (unpaired) electrons. The Hall–Kier alpha value is -1.59. The Morgan fingerprint density at radius 2 is 2.28 bits per heavy atom. The molecule has 2 rings (SSSR count). The molecule has 0 aliphatic carbocycles. The maximum absolute atomic E-state index is 5.92. The SMILES string of the molecule is COc1ccc([C@@H](C)N)c(OCc2cncs2)c1. The molecule has 96 valence electrons. The Balaban J connectivity index is 2.18. The summed E-state index contributed by atoms with van der Waals surface area (Å²) in [5, 5.41) is 0. The van der Waals surface area contributed by atoms with E-state index >= 15 is 0 Å². The van der Waals surface area contributed by atoms with E-state index in [1.807, 2.05) is 25.1 Å². The van der Waals surface area contributed by atoms with Crippen molar-refractivity contribution >= 4 is 11.3 Å². The van der Waals surface area contributed by atoms with Crippen molar-refractivity contribution in [1.29, 1.82) is 0 Å². The third kappa shape index (κ3) is 3.00. The number of hydrogen-bond acceptors (Lipinski definition) is 5. The van der Waals surface area contributed by atoms with E-state index in [0.29, 0.717) is 6.61 Å². The molecule has 1 aromatic carbocycles. The molecule has 0 spiro atoms. The molecule has 2 aromatic rings. The number of aromatic nitrogens is 1. The first-order valence-corrected chi connectivity index (χ1v) is 6.52. The minimum atomic E-state index is -0.0765. The molecule has 0 unspecified atom stereocenters. The van der Waals surface area contributed by atoms with Gasteiger partial charge in [-0.25, -0.2) is 0 Å². The number of rotatable bonds is 5. The molecule has 5 heteroatoms. The van der Waals surface area contributed by atoms with Gasteiger partial charge in [0.1, 0.15) is 18.1 Å². The summed E-state index contributed by atoms with van der Waals surface area (Å²) in [5.41, 5.74) is 8.69. The monoisotopic (exact) mass is 264 g/mol. The van der Waals surface area contributed by atoms with E-state index in [-0.39, 0.29) is 6.04 Å². The predicted molar refractivity (Wildman–Crippen MR) is 72.0 cm³/mol. The molecule has 4 nitrogen and oxygen atoms in total. The van der Waals surface area contributed by atoms with E-state index in [2.05, 4.69) is 4.98 Å². The number of benzene rings is 1. The molecule has 0 saturated carbocycles. The van der Waals surface area contributed by atoms with Crippen LogP contribution in [0.1, 0.15) is 23.4 Å². The minimum absolute atomic E-state index is 0.0765. The van der Waals surface area contributed by atoms with E-state index in [4.69, 9.17) is 15.2 Å². The fourth-order valence-electron chi connectivity index (χ4n) is 1.61. The fourth-order valence-corrected chi connectivity index (χ4v) is 2.11. The van der Waals surface area contributed by atoms with Crippen LogP contribution >= 0.6 is 11.3 Å². The van der Waals surface area contributed by atoms with Crippen LogP contribution in [0.15, 0.2) is 29.9 Å². The minimum Gasteiger partial charge on any atom is -0.497 e. The van der Waals surface area contributed by atoms with Gasteiger partial charge < -0.3 is 15.2 Å². The van der Waals surface area contributed by atoms with Crippen LogP contribution in [0.2, 0.25) is 0 Å². The Morgan fingerprint density at radius 1 is 1.44 bits per heavy atom. The summed E-state index contributed by atoms with van der Waals surface area (Å²) in [5.74, 6) is 1.52. The normalized spacial score (nSPS) is 12.2. The quantitative estimate of drug-likeness (QED) is 0.902. The molecule has 0 saturated heterocycles. The van der Waals surface area contributed by atoms with Crippen LogP contribution in [0.25, 0.3) is 0 Å². The van der Waals surface area contributed by atoms with E-state index in [9.17, 15) is 0 Å². The van der Waals surface area contributed by atoms with Crippen LogP contribution in [0.4, 0.5) is 0 Å². The molecule has 1 heterocycles. The highest BCUT2D eigenvalue weighted by atomic mass is 32.1. The van der Waals surface area contributed by atoms with Gasteiger partial charge in [0.05, 0.1) is 17.5 Å². The van der Waals surface area contributed by atoms with E-state index in [1.54, 1.807) is 30.2 Å². The third-order valence-corrected chi connectivity index (χ3v) is 3.32. The lowest BCUT2D eigenvalue weighted by Gasteiger charge is -2.14. The number of nitrogens with zero attached hydrogens (tertiary/aromatic N) is 1. The van der Waals surface area contributed by atoms with Crippen LogP contribution in [0.5, 0.6) is 11.5 Å². The average Bonchev–Trinajstić information content (AvgIpc) is 2.88. The molecule has 0 amide bonds. The highest BCUT2D eigenvalue weighted by Crippen LogP contribution is 2.29. The zero-order valence-electron chi connectivity index (χ0n) is 10.4. The summed E-state index contributed by atoms with van der Waals surface area (Å²) < 4.78 is 11.0. The van der Waals surface area contributed by atoms with Gasteiger partial charge in [0.2, 0.25) is 0 Å². The molecule has 0 bridgehead atoms. The highest BCUT2D eigenvalue weighted by molar-refractivity contribution is 7.09. The second-order valence-corrected chi connectivity index (χ2v) is 4.92. The summed E-state index contributed by atoms with van der Waals surface area (Å²) in [6.45, 7) is 2.43. The lowest BCUT2D eigenvalue weighted by Crippen LogP contribution is -2.08. The van der Waals surface area contributed by atoms with Crippen molar-refractivity contribution in [2.45, 2.75) is 19.6 Å². The van der Waals surface area contributed by atoms with E-state index < -0.39 is 0 Å². The fraction of sp³-hybridized carbons (Fsp3) is 0.308. The van der Waals surface area contributed by atoms with Crippen molar-refractivity contribution in [1.82, 2.24) is 4.98 Å². The summed E-state index contributed by atoms with van der Waals surface area (Å²) >= 11 is 1.57. The van der Waals surface area contributed by atoms with Crippen molar-refractivity contribution in [2.75, 3.05) is 7.11 Å². The summed E-state index contributed by atoms with van der Waals surface area (Å²) in [6.07, 6.45) is 1.80. The lowest BCUT2D eigenvalue weighted by atomic mass is 10.1. The maximum atomic E-state index is 5.92. The third-order valence-electron chi connectivity index (χ3n) is 2.56. The average molecular weight is 264 g/mol. The number of nitrogens with two attached hydrogens (primary N) is 1. The van der Waals surface area contributed by atoms with Gasteiger partial charge in [-0.3, -0.25) is 4.98 Å². The summed E-state index contributed by atoms with van der Waals surface area (Å²) in [7, 11) is 1.63. The van der Waals surface area contributed by atoms with Gasteiger partial charge in [0.25, 0.3) is 0 Å². The summed E-state index contributed by atoms with van der Waals surface area (Å²) in [6, 6.07) is 5.61. The predicted octanol–water partition coefficient (Wildman–Crippen LogP) is 2.75. The van der Waals surface area contributed by atoms with Crippen molar-refractivity contribution < 1.29 is 9.47 Å². The number of ether oxygens (including phenoxy) is 2. The molecule has 1 aromatic heterocycles. The van der Waals surface area contributed by atoms with Gasteiger partial charge in [-0.05, 0) is 13.0 Å². The van der Waals surface area contributed by atoms with E-state index in [0.717, 1.165) is 21.9 Å². The van der Waals surface area contributed by atoms with Gasteiger partial charge in [0, 0.05) is 23.9 Å². The van der Waals surface area contributed by atoms with E-state index in [1.165, 1.54) is 0 Å². The van der Waals surface area contributed by atoms with Gasteiger partial charge in [-0.1, -0.05) is 6.07 Å². The van der Waals surface area contributed by atoms with Crippen LogP contribution < -0.4 is 15.2 Å². The van der Waals surface area contributed by atoms with Crippen molar-refractivity contribution in [3.63, 3.8) is 0 Å². The largest absolute Gasteiger partial charge is 0.497 e. The molecular weight excluding hydrogens is 248 g/mol. The Kier molecular flexibility index (Phi) is 4.17. The second kappa shape index (κ2) is 5.84. The Bertz CT molecular complexity index is 498. The standard InChI is InChI=1S/C13H16N2O2S/c1-9(14)12-4-3-10(16-2)5-13(12)17-7-11-6-15-8-18-11/h3-6,8-9H,7,14H2,1-2H3/t9-/m1/s1. The Labute approximate surface area is 110 Å². The molecule has 0 fully saturated rings. The van der Waals surface area contributed by atoms with Crippen LogP contribution in [0, 0.1) is 0 Å². The molecule has 1 atom stereocenters. The second-order valence-electron chi connectivity index (χ2n) is 3.95. The molecule has 0 aliphatic heterocycles. The highest BCUT2D eigenvalue weighted by Gasteiger charge is 2.10. The maximum Gasteiger partial charge on any atom is 0.128 e. The molecule has 0 aliphatic rings. The molecular formula is C13H16N2O2S. The first kappa shape index (κ1) is 12.9. The zero-order valence-corrected chi connectivity index (χ0v) is 11.2. The van der Waals surface area contributed by atoms with Crippen molar-refractivity contribution in [3.05, 3.63) is 40.3 Å². The number of thiazole rings is 1. The smallest absolute Gasteiger partial charge is 0.128 e. The van der Waals surface area contributed by atoms with Gasteiger partial charge in [0.15, 0.2) is 0 Å².